The Morgan fingerprint density at radius 2 is 2.04 bits per heavy atom. The van der Waals surface area contributed by atoms with E-state index in [1.807, 2.05) is 42.5 Å². The summed E-state index contributed by atoms with van der Waals surface area (Å²) in [6.45, 7) is 0.757. The Hall–Kier alpha value is -1.69. The van der Waals surface area contributed by atoms with E-state index in [0.29, 0.717) is 11.6 Å². The van der Waals surface area contributed by atoms with Crippen LogP contribution in [-0.2, 0) is 11.2 Å². The Balaban J connectivity index is 1.83. The first-order valence-electron chi connectivity index (χ1n) is 8.63. The number of benzene rings is 2. The highest BCUT2D eigenvalue weighted by atomic mass is 79.9. The number of hydrogen-bond donors (Lipinski definition) is 1. The zero-order valence-electron chi connectivity index (χ0n) is 14.3. The van der Waals surface area contributed by atoms with E-state index in [4.69, 9.17) is 27.9 Å². The number of ether oxygens (including phenoxy) is 1. The number of rotatable bonds is 3. The first-order chi connectivity index (χ1) is 13.1. The van der Waals surface area contributed by atoms with Crippen molar-refractivity contribution in [1.82, 2.24) is 9.88 Å². The summed E-state index contributed by atoms with van der Waals surface area (Å²) < 4.78 is 6.31. The number of nitrogens with one attached hydrogen (secondary N) is 1. The van der Waals surface area contributed by atoms with Crippen LogP contribution in [0.5, 0.6) is 0 Å². The van der Waals surface area contributed by atoms with E-state index in [1.165, 1.54) is 5.56 Å². The van der Waals surface area contributed by atoms with E-state index in [0.717, 1.165) is 33.1 Å². The van der Waals surface area contributed by atoms with E-state index in [2.05, 4.69) is 20.9 Å². The standard InChI is InChI=1S/C20H17BrCl2N2O2/c21-13-3-1-12(2-4-13)19-18-15(7-9-25(19)20(26)27-10-8-22)16-11-14(23)5-6-17(16)24-18/h1-6,11,19,24H,7-10H2. The summed E-state index contributed by atoms with van der Waals surface area (Å²) in [5.74, 6) is 0.276. The van der Waals surface area contributed by atoms with Gasteiger partial charge in [-0.15, -0.1) is 11.6 Å². The fourth-order valence-electron chi connectivity index (χ4n) is 3.66. The number of alkyl halides is 1. The lowest BCUT2D eigenvalue weighted by atomic mass is 9.93. The molecule has 4 rings (SSSR count). The molecule has 0 bridgehead atoms. The van der Waals surface area contributed by atoms with Gasteiger partial charge in [0.1, 0.15) is 12.6 Å². The normalized spacial score (nSPS) is 16.4. The van der Waals surface area contributed by atoms with Gasteiger partial charge in [-0.1, -0.05) is 39.7 Å². The minimum atomic E-state index is -0.356. The number of aromatic amines is 1. The molecule has 1 aliphatic rings. The molecule has 7 heteroatoms. The van der Waals surface area contributed by atoms with Crippen molar-refractivity contribution >= 4 is 56.1 Å². The number of carbonyl (C=O) groups excluding carboxylic acids is 1. The van der Waals surface area contributed by atoms with Gasteiger partial charge < -0.3 is 9.72 Å². The quantitative estimate of drug-likeness (QED) is 0.487. The number of halogens is 3. The molecule has 4 nitrogen and oxygen atoms in total. The van der Waals surface area contributed by atoms with Crippen molar-refractivity contribution in [1.29, 1.82) is 0 Å². The maximum Gasteiger partial charge on any atom is 0.410 e. The van der Waals surface area contributed by atoms with Crippen LogP contribution in [0.4, 0.5) is 4.79 Å². The number of amides is 1. The summed E-state index contributed by atoms with van der Waals surface area (Å²) in [4.78, 5) is 17.9. The highest BCUT2D eigenvalue weighted by Gasteiger charge is 2.35. The summed E-state index contributed by atoms with van der Waals surface area (Å²) >= 11 is 15.4. The van der Waals surface area contributed by atoms with Gasteiger partial charge in [0.05, 0.1) is 5.88 Å². The third-order valence-corrected chi connectivity index (χ3v) is 5.73. The first kappa shape index (κ1) is 18.7. The Bertz CT molecular complexity index is 988. The van der Waals surface area contributed by atoms with Crippen LogP contribution in [-0.4, -0.2) is 35.0 Å². The molecule has 0 fully saturated rings. The predicted molar refractivity (Wildman–Crippen MR) is 112 cm³/mol. The summed E-state index contributed by atoms with van der Waals surface area (Å²) in [7, 11) is 0. The third kappa shape index (κ3) is 3.56. The molecule has 1 aromatic heterocycles. The number of carbonyl (C=O) groups is 1. The maximum absolute atomic E-state index is 12.7. The molecule has 27 heavy (non-hydrogen) atoms. The fraction of sp³-hybridized carbons (Fsp3) is 0.250. The van der Waals surface area contributed by atoms with Crippen LogP contribution in [0.2, 0.25) is 5.02 Å². The molecule has 2 aromatic carbocycles. The second-order valence-corrected chi connectivity index (χ2v) is 8.14. The molecule has 1 atom stereocenters. The maximum atomic E-state index is 12.7. The lowest BCUT2D eigenvalue weighted by molar-refractivity contribution is 0.0937. The van der Waals surface area contributed by atoms with Crippen molar-refractivity contribution in [2.45, 2.75) is 12.5 Å². The van der Waals surface area contributed by atoms with Crippen molar-refractivity contribution in [3.63, 3.8) is 0 Å². The van der Waals surface area contributed by atoms with Gasteiger partial charge in [-0.25, -0.2) is 4.79 Å². The largest absolute Gasteiger partial charge is 0.448 e. The van der Waals surface area contributed by atoms with Gasteiger partial charge in [0.2, 0.25) is 0 Å². The van der Waals surface area contributed by atoms with Crippen LogP contribution < -0.4 is 0 Å². The average Bonchev–Trinajstić information content (AvgIpc) is 3.04. The SMILES string of the molecule is O=C(OCCCl)N1CCc2c([nH]c3ccc(Cl)cc23)C1c1ccc(Br)cc1. The predicted octanol–water partition coefficient (Wildman–Crippen LogP) is 5.91. The lowest BCUT2D eigenvalue weighted by Gasteiger charge is -2.35. The van der Waals surface area contributed by atoms with E-state index in [-0.39, 0.29) is 24.6 Å². The van der Waals surface area contributed by atoms with Gasteiger partial charge in [-0.05, 0) is 47.9 Å². The Kier molecular flexibility index (Phi) is 5.35. The molecule has 140 valence electrons. The van der Waals surface area contributed by atoms with E-state index < -0.39 is 0 Å². The number of H-pyrrole nitrogens is 1. The molecule has 1 N–H and O–H groups in total. The van der Waals surface area contributed by atoms with Crippen LogP contribution in [0.1, 0.15) is 22.9 Å². The molecule has 0 spiro atoms. The molecule has 2 heterocycles. The molecular formula is C20H17BrCl2N2O2. The number of hydrogen-bond acceptors (Lipinski definition) is 2. The van der Waals surface area contributed by atoms with Gasteiger partial charge in [-0.3, -0.25) is 4.90 Å². The molecule has 0 radical (unpaired) electrons. The van der Waals surface area contributed by atoms with Crippen LogP contribution >= 0.6 is 39.1 Å². The Morgan fingerprint density at radius 3 is 2.78 bits per heavy atom. The lowest BCUT2D eigenvalue weighted by Crippen LogP contribution is -2.41. The van der Waals surface area contributed by atoms with Gasteiger partial charge in [0.15, 0.2) is 0 Å². The topological polar surface area (TPSA) is 45.3 Å². The molecule has 0 saturated carbocycles. The van der Waals surface area contributed by atoms with Crippen LogP contribution in [0.25, 0.3) is 10.9 Å². The highest BCUT2D eigenvalue weighted by Crippen LogP contribution is 2.39. The monoisotopic (exact) mass is 466 g/mol. The smallest absolute Gasteiger partial charge is 0.410 e. The minimum Gasteiger partial charge on any atom is -0.448 e. The summed E-state index contributed by atoms with van der Waals surface area (Å²) in [6.07, 6.45) is 0.379. The van der Waals surface area contributed by atoms with Crippen molar-refractivity contribution < 1.29 is 9.53 Å². The molecule has 3 aromatic rings. The van der Waals surface area contributed by atoms with E-state index in [9.17, 15) is 4.79 Å². The number of fused-ring (bicyclic) bond motifs is 3. The second-order valence-electron chi connectivity index (χ2n) is 6.41. The second kappa shape index (κ2) is 7.74. The number of aromatic nitrogens is 1. The van der Waals surface area contributed by atoms with Crippen molar-refractivity contribution in [2.24, 2.45) is 0 Å². The number of nitrogens with zero attached hydrogens (tertiary/aromatic N) is 1. The fourth-order valence-corrected chi connectivity index (χ4v) is 4.17. The van der Waals surface area contributed by atoms with Crippen LogP contribution in [0.3, 0.4) is 0 Å². The zero-order chi connectivity index (χ0) is 19.0. The van der Waals surface area contributed by atoms with Gasteiger partial charge in [0.25, 0.3) is 0 Å². The summed E-state index contributed by atoms with van der Waals surface area (Å²) in [5, 5.41) is 1.81. The third-order valence-electron chi connectivity index (χ3n) is 4.81. The zero-order valence-corrected chi connectivity index (χ0v) is 17.4. The van der Waals surface area contributed by atoms with Crippen LogP contribution in [0.15, 0.2) is 46.9 Å². The highest BCUT2D eigenvalue weighted by molar-refractivity contribution is 9.10. The Morgan fingerprint density at radius 1 is 1.26 bits per heavy atom. The Labute approximate surface area is 175 Å². The van der Waals surface area contributed by atoms with Crippen LogP contribution in [0, 0.1) is 0 Å². The van der Waals surface area contributed by atoms with Gasteiger partial charge in [0, 0.05) is 32.6 Å². The van der Waals surface area contributed by atoms with Gasteiger partial charge in [-0.2, -0.15) is 0 Å². The first-order valence-corrected chi connectivity index (χ1v) is 10.3. The summed E-state index contributed by atoms with van der Waals surface area (Å²) in [5.41, 5.74) is 4.23. The molecule has 0 saturated heterocycles. The van der Waals surface area contributed by atoms with Crippen molar-refractivity contribution in [2.75, 3.05) is 19.0 Å². The summed E-state index contributed by atoms with van der Waals surface area (Å²) in [6, 6.07) is 13.6. The molecule has 0 aliphatic carbocycles. The molecule has 1 aliphatic heterocycles. The van der Waals surface area contributed by atoms with E-state index in [1.54, 1.807) is 4.90 Å². The van der Waals surface area contributed by atoms with E-state index >= 15 is 0 Å². The molecule has 1 unspecified atom stereocenters. The average molecular weight is 468 g/mol. The minimum absolute atomic E-state index is 0.194. The van der Waals surface area contributed by atoms with Crippen molar-refractivity contribution in [3.05, 3.63) is 68.8 Å². The van der Waals surface area contributed by atoms with Gasteiger partial charge >= 0.3 is 6.09 Å². The molecular weight excluding hydrogens is 451 g/mol. The van der Waals surface area contributed by atoms with Crippen molar-refractivity contribution in [3.8, 4) is 0 Å². The molecule has 1 amide bonds.